The molecule has 114 valence electrons. The molecule has 0 amide bonds. The molecule has 1 fully saturated rings. The van der Waals surface area contributed by atoms with Crippen molar-refractivity contribution in [3.63, 3.8) is 0 Å². The fourth-order valence-corrected chi connectivity index (χ4v) is 2.92. The molecule has 0 saturated carbocycles. The average molecular weight is 310 g/mol. The lowest BCUT2D eigenvalue weighted by Crippen LogP contribution is -2.49. The van der Waals surface area contributed by atoms with Crippen molar-refractivity contribution in [2.45, 2.75) is 32.4 Å². The molecule has 0 radical (unpaired) electrons. The van der Waals surface area contributed by atoms with Gasteiger partial charge in [0.25, 0.3) is 0 Å². The van der Waals surface area contributed by atoms with Crippen LogP contribution in [0.15, 0.2) is 18.2 Å². The van der Waals surface area contributed by atoms with Gasteiger partial charge in [-0.25, -0.2) is 4.39 Å². The molecule has 0 aromatic heterocycles. The highest BCUT2D eigenvalue weighted by Gasteiger charge is 2.23. The zero-order chi connectivity index (χ0) is 15.2. The molecule has 5 heteroatoms. The maximum absolute atomic E-state index is 13.3. The molecule has 1 saturated heterocycles. The fourth-order valence-electron chi connectivity index (χ4n) is 2.74. The molecular weight excluding hydrogens is 289 g/mol. The lowest BCUT2D eigenvalue weighted by molar-refractivity contribution is 0.106. The molecule has 1 aliphatic rings. The van der Waals surface area contributed by atoms with Gasteiger partial charge in [-0.1, -0.05) is 24.9 Å². The molecule has 21 heavy (non-hydrogen) atoms. The monoisotopic (exact) mass is 309 g/mol. The van der Waals surface area contributed by atoms with Gasteiger partial charge >= 0.3 is 0 Å². The van der Waals surface area contributed by atoms with Crippen LogP contribution in [0.2, 0.25) is 5.02 Å². The van der Waals surface area contributed by atoms with Crippen LogP contribution in [0.4, 0.5) is 4.39 Å². The number of nitriles is 1. The van der Waals surface area contributed by atoms with Crippen molar-refractivity contribution < 1.29 is 4.39 Å². The summed E-state index contributed by atoms with van der Waals surface area (Å²) < 4.78 is 13.3. The number of piperazine rings is 1. The summed E-state index contributed by atoms with van der Waals surface area (Å²) in [5.41, 5.74) is 0.829. The SMILES string of the molecule is CCCC(C#N)N1CCN(Cc2cc(F)ccc2Cl)CC1. The summed E-state index contributed by atoms with van der Waals surface area (Å²) in [6, 6.07) is 6.90. The summed E-state index contributed by atoms with van der Waals surface area (Å²) in [4.78, 5) is 4.50. The first-order chi connectivity index (χ1) is 10.1. The van der Waals surface area contributed by atoms with E-state index in [9.17, 15) is 9.65 Å². The van der Waals surface area contributed by atoms with Gasteiger partial charge in [0, 0.05) is 37.7 Å². The summed E-state index contributed by atoms with van der Waals surface area (Å²) in [6.07, 6.45) is 1.95. The van der Waals surface area contributed by atoms with Crippen molar-refractivity contribution in [1.82, 2.24) is 9.80 Å². The second-order valence-corrected chi connectivity index (χ2v) is 5.89. The normalized spacial score (nSPS) is 18.4. The quantitative estimate of drug-likeness (QED) is 0.836. The lowest BCUT2D eigenvalue weighted by Gasteiger charge is -2.37. The molecule has 1 unspecified atom stereocenters. The van der Waals surface area contributed by atoms with Crippen molar-refractivity contribution >= 4 is 11.6 Å². The number of hydrogen-bond donors (Lipinski definition) is 0. The first-order valence-electron chi connectivity index (χ1n) is 7.44. The van der Waals surface area contributed by atoms with E-state index in [0.717, 1.165) is 44.6 Å². The standard InChI is InChI=1S/C16H21ClFN3/c1-2-3-15(11-19)21-8-6-20(7-9-21)12-13-10-14(18)4-5-16(13)17/h4-5,10,15H,2-3,6-9,12H2,1H3. The Morgan fingerprint density at radius 1 is 1.33 bits per heavy atom. The van der Waals surface area contributed by atoms with Crippen LogP contribution in [0.1, 0.15) is 25.3 Å². The summed E-state index contributed by atoms with van der Waals surface area (Å²) in [6.45, 7) is 6.29. The highest BCUT2D eigenvalue weighted by Crippen LogP contribution is 2.20. The summed E-state index contributed by atoms with van der Waals surface area (Å²) in [5.74, 6) is -0.250. The van der Waals surface area contributed by atoms with Crippen molar-refractivity contribution in [3.8, 4) is 6.07 Å². The van der Waals surface area contributed by atoms with Gasteiger partial charge in [0.05, 0.1) is 12.1 Å². The molecule has 1 aromatic carbocycles. The highest BCUT2D eigenvalue weighted by molar-refractivity contribution is 6.31. The van der Waals surface area contributed by atoms with Crippen LogP contribution in [0, 0.1) is 17.1 Å². The number of rotatable bonds is 5. The van der Waals surface area contributed by atoms with Gasteiger partial charge in [0.15, 0.2) is 0 Å². The molecular formula is C16H21ClFN3. The van der Waals surface area contributed by atoms with Crippen molar-refractivity contribution in [1.29, 1.82) is 5.26 Å². The number of halogens is 2. The van der Waals surface area contributed by atoms with Crippen LogP contribution in [0.3, 0.4) is 0 Å². The van der Waals surface area contributed by atoms with Gasteiger partial charge in [-0.3, -0.25) is 9.80 Å². The molecule has 1 atom stereocenters. The van der Waals surface area contributed by atoms with Crippen LogP contribution in [0.5, 0.6) is 0 Å². The van der Waals surface area contributed by atoms with Gasteiger partial charge in [-0.2, -0.15) is 5.26 Å². The Bertz CT molecular complexity index is 507. The van der Waals surface area contributed by atoms with Crippen LogP contribution in [0.25, 0.3) is 0 Å². The molecule has 2 rings (SSSR count). The summed E-state index contributed by atoms with van der Waals surface area (Å²) in [7, 11) is 0. The first kappa shape index (κ1) is 16.2. The van der Waals surface area contributed by atoms with Gasteiger partial charge in [-0.05, 0) is 30.2 Å². The number of benzene rings is 1. The Morgan fingerprint density at radius 2 is 2.05 bits per heavy atom. The molecule has 0 spiro atoms. The second kappa shape index (κ2) is 7.74. The van der Waals surface area contributed by atoms with Crippen molar-refractivity contribution in [2.75, 3.05) is 26.2 Å². The van der Waals surface area contributed by atoms with E-state index >= 15 is 0 Å². The lowest BCUT2D eigenvalue weighted by atomic mass is 10.1. The van der Waals surface area contributed by atoms with E-state index in [-0.39, 0.29) is 11.9 Å². The smallest absolute Gasteiger partial charge is 0.123 e. The van der Waals surface area contributed by atoms with Crippen LogP contribution in [-0.4, -0.2) is 42.0 Å². The topological polar surface area (TPSA) is 30.3 Å². The fraction of sp³-hybridized carbons (Fsp3) is 0.562. The van der Waals surface area contributed by atoms with Crippen molar-refractivity contribution in [3.05, 3.63) is 34.6 Å². The zero-order valence-corrected chi connectivity index (χ0v) is 13.1. The minimum atomic E-state index is -0.250. The molecule has 1 heterocycles. The Hall–Kier alpha value is -1.15. The van der Waals surface area contributed by atoms with Gasteiger partial charge in [-0.15, -0.1) is 0 Å². The molecule has 0 N–H and O–H groups in total. The number of hydrogen-bond acceptors (Lipinski definition) is 3. The van der Waals surface area contributed by atoms with Gasteiger partial charge in [0.2, 0.25) is 0 Å². The molecule has 1 aromatic rings. The van der Waals surface area contributed by atoms with E-state index in [1.54, 1.807) is 6.07 Å². The van der Waals surface area contributed by atoms with E-state index < -0.39 is 0 Å². The van der Waals surface area contributed by atoms with Crippen LogP contribution < -0.4 is 0 Å². The maximum atomic E-state index is 13.3. The van der Waals surface area contributed by atoms with Crippen molar-refractivity contribution in [2.24, 2.45) is 0 Å². The molecule has 3 nitrogen and oxygen atoms in total. The average Bonchev–Trinajstić information content (AvgIpc) is 2.49. The third-order valence-electron chi connectivity index (χ3n) is 3.96. The Balaban J connectivity index is 1.89. The Kier molecular flexibility index (Phi) is 5.98. The van der Waals surface area contributed by atoms with Crippen LogP contribution >= 0.6 is 11.6 Å². The van der Waals surface area contributed by atoms with E-state index in [0.29, 0.717) is 11.6 Å². The van der Waals surface area contributed by atoms with Gasteiger partial charge in [0.1, 0.15) is 5.82 Å². The first-order valence-corrected chi connectivity index (χ1v) is 7.81. The minimum absolute atomic E-state index is 0.0231. The molecule has 0 aliphatic carbocycles. The molecule has 0 bridgehead atoms. The Labute approximate surface area is 130 Å². The largest absolute Gasteiger partial charge is 0.296 e. The minimum Gasteiger partial charge on any atom is -0.296 e. The third kappa shape index (κ3) is 4.41. The van der Waals surface area contributed by atoms with E-state index in [4.69, 9.17) is 11.6 Å². The predicted molar refractivity (Wildman–Crippen MR) is 82.6 cm³/mol. The van der Waals surface area contributed by atoms with E-state index in [2.05, 4.69) is 22.8 Å². The third-order valence-corrected chi connectivity index (χ3v) is 4.33. The summed E-state index contributed by atoms with van der Waals surface area (Å²) >= 11 is 6.11. The zero-order valence-electron chi connectivity index (χ0n) is 12.4. The Morgan fingerprint density at radius 3 is 2.67 bits per heavy atom. The summed E-state index contributed by atoms with van der Waals surface area (Å²) in [5, 5.41) is 9.82. The van der Waals surface area contributed by atoms with E-state index in [1.165, 1.54) is 12.1 Å². The maximum Gasteiger partial charge on any atom is 0.123 e. The van der Waals surface area contributed by atoms with Gasteiger partial charge < -0.3 is 0 Å². The highest BCUT2D eigenvalue weighted by atomic mass is 35.5. The van der Waals surface area contributed by atoms with Crippen LogP contribution in [-0.2, 0) is 6.54 Å². The molecule has 1 aliphatic heterocycles. The van der Waals surface area contributed by atoms with E-state index in [1.807, 2.05) is 0 Å². The second-order valence-electron chi connectivity index (χ2n) is 5.48. The number of nitrogens with zero attached hydrogens (tertiary/aromatic N) is 3. The predicted octanol–water partition coefficient (Wildman–Crippen LogP) is 3.29.